The molecular formula is C23H22BrNO4. The van der Waals surface area contributed by atoms with Gasteiger partial charge in [0.25, 0.3) is 0 Å². The quantitative estimate of drug-likeness (QED) is 0.451. The van der Waals surface area contributed by atoms with Gasteiger partial charge in [0, 0.05) is 16.6 Å². The van der Waals surface area contributed by atoms with Crippen molar-refractivity contribution in [3.05, 3.63) is 89.0 Å². The van der Waals surface area contributed by atoms with Gasteiger partial charge >= 0.3 is 11.9 Å². The molecule has 29 heavy (non-hydrogen) atoms. The van der Waals surface area contributed by atoms with Crippen LogP contribution in [0.2, 0.25) is 0 Å². The van der Waals surface area contributed by atoms with Crippen molar-refractivity contribution in [3.8, 4) is 0 Å². The number of rotatable bonds is 5. The molecule has 0 spiro atoms. The normalized spacial score (nSPS) is 13.6. The van der Waals surface area contributed by atoms with Crippen LogP contribution in [0.15, 0.2) is 66.8 Å². The molecule has 0 amide bonds. The van der Waals surface area contributed by atoms with Gasteiger partial charge in [0.05, 0.1) is 0 Å². The maximum atomic E-state index is 9.55. The van der Waals surface area contributed by atoms with Crippen LogP contribution in [0.1, 0.15) is 28.7 Å². The van der Waals surface area contributed by atoms with Crippen LogP contribution in [0.3, 0.4) is 0 Å². The highest BCUT2D eigenvalue weighted by Gasteiger charge is 2.17. The molecule has 3 rings (SSSR count). The van der Waals surface area contributed by atoms with Crippen molar-refractivity contribution in [2.75, 3.05) is 13.6 Å². The number of fused-ring (bicyclic) bond motifs is 2. The first-order chi connectivity index (χ1) is 13.9. The smallest absolute Gasteiger partial charge is 0.328 e. The molecule has 0 fully saturated rings. The fourth-order valence-corrected chi connectivity index (χ4v) is 3.47. The molecule has 3 N–H and O–H groups in total. The molecular weight excluding hydrogens is 434 g/mol. The van der Waals surface area contributed by atoms with Crippen molar-refractivity contribution < 1.29 is 19.8 Å². The van der Waals surface area contributed by atoms with Gasteiger partial charge in [0.2, 0.25) is 0 Å². The Morgan fingerprint density at radius 3 is 2.07 bits per heavy atom. The van der Waals surface area contributed by atoms with Crippen molar-refractivity contribution in [2.24, 2.45) is 0 Å². The van der Waals surface area contributed by atoms with Crippen LogP contribution in [-0.2, 0) is 9.59 Å². The lowest BCUT2D eigenvalue weighted by Crippen LogP contribution is -2.06. The third kappa shape index (κ3) is 6.55. The Kier molecular flexibility index (Phi) is 8.58. The van der Waals surface area contributed by atoms with E-state index in [-0.39, 0.29) is 0 Å². The van der Waals surface area contributed by atoms with E-state index in [0.717, 1.165) is 17.4 Å². The summed E-state index contributed by atoms with van der Waals surface area (Å²) in [4.78, 5) is 19.1. The van der Waals surface area contributed by atoms with E-state index in [9.17, 15) is 9.59 Å². The Morgan fingerprint density at radius 2 is 1.48 bits per heavy atom. The van der Waals surface area contributed by atoms with Gasteiger partial charge < -0.3 is 15.5 Å². The Hall–Kier alpha value is -2.96. The Bertz CT molecular complexity index is 960. The van der Waals surface area contributed by atoms with Crippen LogP contribution < -0.4 is 5.32 Å². The second-order valence-corrected chi connectivity index (χ2v) is 7.00. The SMILES string of the molecule is CNCCC=C1c2ccccc2C=C(Br)c2ccccc21.O=C(O)C=CC(=O)O. The molecule has 0 saturated carbocycles. The maximum Gasteiger partial charge on any atom is 0.328 e. The van der Waals surface area contributed by atoms with Gasteiger partial charge in [0.15, 0.2) is 0 Å². The van der Waals surface area contributed by atoms with Gasteiger partial charge in [-0.1, -0.05) is 70.5 Å². The van der Waals surface area contributed by atoms with Crippen molar-refractivity contribution >= 4 is 44.0 Å². The number of hydrogen-bond acceptors (Lipinski definition) is 3. The second-order valence-electron chi connectivity index (χ2n) is 6.14. The lowest BCUT2D eigenvalue weighted by molar-refractivity contribution is -0.134. The topological polar surface area (TPSA) is 86.6 Å². The Labute approximate surface area is 178 Å². The van der Waals surface area contributed by atoms with Gasteiger partial charge in [-0.2, -0.15) is 0 Å². The molecule has 0 unspecified atom stereocenters. The lowest BCUT2D eigenvalue weighted by Gasteiger charge is -2.12. The molecule has 0 aromatic heterocycles. The van der Waals surface area contributed by atoms with Crippen LogP contribution in [0.5, 0.6) is 0 Å². The van der Waals surface area contributed by atoms with Crippen molar-refractivity contribution in [1.29, 1.82) is 0 Å². The molecule has 0 saturated heterocycles. The zero-order valence-corrected chi connectivity index (χ0v) is 17.5. The van der Waals surface area contributed by atoms with Gasteiger partial charge in [-0.15, -0.1) is 0 Å². The summed E-state index contributed by atoms with van der Waals surface area (Å²) in [5.74, 6) is -2.51. The fourth-order valence-electron chi connectivity index (χ4n) is 2.88. The number of carboxylic acid groups (broad SMARTS) is 2. The second kappa shape index (κ2) is 11.1. The number of carbonyl (C=O) groups is 2. The number of hydrogen-bond donors (Lipinski definition) is 3. The summed E-state index contributed by atoms with van der Waals surface area (Å²) >= 11 is 3.74. The zero-order chi connectivity index (χ0) is 21.2. The van der Waals surface area contributed by atoms with Crippen molar-refractivity contribution in [2.45, 2.75) is 6.42 Å². The minimum absolute atomic E-state index is 0.558. The minimum Gasteiger partial charge on any atom is -0.478 e. The highest BCUT2D eigenvalue weighted by molar-refractivity contribution is 9.15. The summed E-state index contributed by atoms with van der Waals surface area (Å²) in [6, 6.07) is 17.2. The number of halogens is 1. The number of aliphatic carboxylic acids is 2. The van der Waals surface area contributed by atoms with E-state index >= 15 is 0 Å². The average molecular weight is 456 g/mol. The summed E-state index contributed by atoms with van der Waals surface area (Å²) in [5.41, 5.74) is 6.43. The van der Waals surface area contributed by atoms with E-state index < -0.39 is 11.9 Å². The van der Waals surface area contributed by atoms with Gasteiger partial charge in [-0.3, -0.25) is 0 Å². The van der Waals surface area contributed by atoms with Gasteiger partial charge in [-0.05, 0) is 53.9 Å². The molecule has 2 aromatic carbocycles. The average Bonchev–Trinajstić information content (AvgIpc) is 2.82. The van der Waals surface area contributed by atoms with E-state index in [2.05, 4.69) is 81.9 Å². The van der Waals surface area contributed by atoms with Crippen LogP contribution in [0.4, 0.5) is 0 Å². The molecule has 1 aliphatic carbocycles. The summed E-state index contributed by atoms with van der Waals surface area (Å²) in [7, 11) is 1.99. The lowest BCUT2D eigenvalue weighted by atomic mass is 9.93. The zero-order valence-electron chi connectivity index (χ0n) is 15.9. The van der Waals surface area contributed by atoms with E-state index in [1.165, 1.54) is 27.8 Å². The molecule has 1 aliphatic rings. The van der Waals surface area contributed by atoms with Crippen molar-refractivity contribution in [3.63, 3.8) is 0 Å². The molecule has 0 aliphatic heterocycles. The van der Waals surface area contributed by atoms with Crippen LogP contribution in [-0.4, -0.2) is 35.7 Å². The summed E-state index contributed by atoms with van der Waals surface area (Å²) in [6.07, 6.45) is 6.69. The highest BCUT2D eigenvalue weighted by atomic mass is 79.9. The Balaban J connectivity index is 0.000000321. The predicted octanol–water partition coefficient (Wildman–Crippen LogP) is 4.65. The van der Waals surface area contributed by atoms with E-state index in [1.54, 1.807) is 0 Å². The first-order valence-corrected chi connectivity index (χ1v) is 9.78. The third-order valence-electron chi connectivity index (χ3n) is 4.12. The molecule has 0 radical (unpaired) electrons. The van der Waals surface area contributed by atoms with E-state index in [4.69, 9.17) is 10.2 Å². The summed E-state index contributed by atoms with van der Waals surface area (Å²) in [5, 5.41) is 18.8. The van der Waals surface area contributed by atoms with Crippen LogP contribution in [0, 0.1) is 0 Å². The Morgan fingerprint density at radius 1 is 0.931 bits per heavy atom. The molecule has 5 nitrogen and oxygen atoms in total. The van der Waals surface area contributed by atoms with Gasteiger partial charge in [0.1, 0.15) is 0 Å². The molecule has 0 heterocycles. The van der Waals surface area contributed by atoms with Crippen LogP contribution in [0.25, 0.3) is 16.1 Å². The molecule has 0 bridgehead atoms. The first kappa shape index (κ1) is 22.3. The predicted molar refractivity (Wildman–Crippen MR) is 120 cm³/mol. The number of benzene rings is 2. The van der Waals surface area contributed by atoms with Gasteiger partial charge in [-0.25, -0.2) is 9.59 Å². The van der Waals surface area contributed by atoms with E-state index in [1.807, 2.05) is 7.05 Å². The molecule has 0 atom stereocenters. The highest BCUT2D eigenvalue weighted by Crippen LogP contribution is 2.39. The molecule has 2 aromatic rings. The van der Waals surface area contributed by atoms with E-state index in [0.29, 0.717) is 12.2 Å². The number of carboxylic acids is 2. The third-order valence-corrected chi connectivity index (χ3v) is 4.78. The minimum atomic E-state index is -1.26. The molecule has 150 valence electrons. The first-order valence-electron chi connectivity index (χ1n) is 8.99. The van der Waals surface area contributed by atoms with Crippen molar-refractivity contribution in [1.82, 2.24) is 5.32 Å². The number of nitrogens with one attached hydrogen (secondary N) is 1. The fraction of sp³-hybridized carbons (Fsp3) is 0.130. The largest absolute Gasteiger partial charge is 0.478 e. The molecule has 6 heteroatoms. The monoisotopic (exact) mass is 455 g/mol. The summed E-state index contributed by atoms with van der Waals surface area (Å²) < 4.78 is 1.14. The van der Waals surface area contributed by atoms with Crippen LogP contribution >= 0.6 is 15.9 Å². The summed E-state index contributed by atoms with van der Waals surface area (Å²) in [6.45, 7) is 0.989. The standard InChI is InChI=1S/C19H18BrN.C4H4O4/c1-21-12-6-11-16-15-8-3-2-7-14(15)13-19(20)18-10-5-4-9-17(16)18;5-3(6)1-2-4(7)8/h2-5,7-11,13,21H,6,12H2,1H3;1-2H,(H,5,6)(H,7,8). The maximum absolute atomic E-state index is 9.55.